The molecule has 4 aromatic carbocycles. The Labute approximate surface area is 169 Å². The summed E-state index contributed by atoms with van der Waals surface area (Å²) >= 11 is 0. The number of benzene rings is 4. The summed E-state index contributed by atoms with van der Waals surface area (Å²) in [5.41, 5.74) is 6.91. The first kappa shape index (κ1) is 16.1. The van der Waals surface area contributed by atoms with Crippen LogP contribution < -0.4 is 10.2 Å². The average molecular weight is 373 g/mol. The lowest BCUT2D eigenvalue weighted by molar-refractivity contribution is 1.08. The van der Waals surface area contributed by atoms with Crippen LogP contribution in [0.15, 0.2) is 60.7 Å². The number of hydrogen-bond donors (Lipinski definition) is 2. The molecule has 0 atom stereocenters. The van der Waals surface area contributed by atoms with Crippen LogP contribution in [0.1, 0.15) is 22.3 Å². The van der Waals surface area contributed by atoms with Crippen LogP contribution in [0.2, 0.25) is 0 Å². The van der Waals surface area contributed by atoms with Crippen molar-refractivity contribution in [3.05, 3.63) is 82.9 Å². The number of nitrogens with zero attached hydrogens (tertiary/aromatic N) is 1. The third-order valence-electron chi connectivity index (χ3n) is 5.99. The van der Waals surface area contributed by atoms with Crippen LogP contribution in [-0.4, -0.2) is 13.0 Å². The van der Waals surface area contributed by atoms with Gasteiger partial charge in [0.05, 0.1) is 11.4 Å². The molecule has 2 aliphatic carbocycles. The molecule has 3 nitrogen and oxygen atoms in total. The van der Waals surface area contributed by atoms with Gasteiger partial charge in [0.2, 0.25) is 0 Å². The van der Waals surface area contributed by atoms with E-state index < -0.39 is 0 Å². The Morgan fingerprint density at radius 1 is 0.724 bits per heavy atom. The van der Waals surface area contributed by atoms with Crippen molar-refractivity contribution in [1.29, 1.82) is 5.41 Å². The molecule has 0 unspecified atom stereocenters. The quantitative estimate of drug-likeness (QED) is 0.278. The van der Waals surface area contributed by atoms with E-state index in [-0.39, 0.29) is 0 Å². The summed E-state index contributed by atoms with van der Waals surface area (Å²) in [6.07, 6.45) is 8.67. The van der Waals surface area contributed by atoms with Crippen LogP contribution in [0.4, 0.5) is 11.4 Å². The van der Waals surface area contributed by atoms with Gasteiger partial charge in [-0.05, 0) is 45.0 Å². The molecule has 0 amide bonds. The van der Waals surface area contributed by atoms with Gasteiger partial charge in [-0.15, -0.1) is 0 Å². The summed E-state index contributed by atoms with van der Waals surface area (Å²) in [6, 6.07) is 21.4. The van der Waals surface area contributed by atoms with E-state index in [0.29, 0.717) is 5.96 Å². The van der Waals surface area contributed by atoms with Gasteiger partial charge in [-0.25, -0.2) is 0 Å². The lowest BCUT2D eigenvalue weighted by atomic mass is 9.99. The Kier molecular flexibility index (Phi) is 3.24. The molecule has 0 spiro atoms. The Balaban J connectivity index is 1.66. The zero-order valence-corrected chi connectivity index (χ0v) is 16.0. The van der Waals surface area contributed by atoms with Crippen LogP contribution >= 0.6 is 0 Å². The highest BCUT2D eigenvalue weighted by Crippen LogP contribution is 2.43. The fourth-order valence-corrected chi connectivity index (χ4v) is 4.68. The molecule has 6 rings (SSSR count). The molecule has 2 aliphatic rings. The Hall–Kier alpha value is -3.85. The third-order valence-corrected chi connectivity index (χ3v) is 5.99. The minimum Gasteiger partial charge on any atom is -0.359 e. The second kappa shape index (κ2) is 5.82. The number of guanidine groups is 1. The zero-order valence-electron chi connectivity index (χ0n) is 16.0. The highest BCUT2D eigenvalue weighted by Gasteiger charge is 2.24. The van der Waals surface area contributed by atoms with Gasteiger partial charge in [0.15, 0.2) is 5.96 Å². The minimum absolute atomic E-state index is 0.352. The van der Waals surface area contributed by atoms with E-state index in [1.807, 2.05) is 4.90 Å². The Bertz CT molecular complexity index is 1400. The first-order chi connectivity index (χ1) is 14.3. The van der Waals surface area contributed by atoms with Gasteiger partial charge in [-0.2, -0.15) is 0 Å². The summed E-state index contributed by atoms with van der Waals surface area (Å²) in [5.74, 6) is 0.352. The first-order valence-corrected chi connectivity index (χ1v) is 9.80. The average Bonchev–Trinajstić information content (AvgIpc) is 3.38. The molecule has 0 aliphatic heterocycles. The van der Waals surface area contributed by atoms with E-state index in [1.54, 1.807) is 7.05 Å². The van der Waals surface area contributed by atoms with Gasteiger partial charge in [0.25, 0.3) is 0 Å². The fourth-order valence-electron chi connectivity index (χ4n) is 4.68. The van der Waals surface area contributed by atoms with E-state index in [0.717, 1.165) is 16.8 Å². The summed E-state index contributed by atoms with van der Waals surface area (Å²) in [7, 11) is 1.80. The number of hydrogen-bond acceptors (Lipinski definition) is 1. The van der Waals surface area contributed by atoms with E-state index >= 15 is 0 Å². The molecular formula is C26H19N3. The van der Waals surface area contributed by atoms with Crippen molar-refractivity contribution in [2.45, 2.75) is 0 Å². The number of rotatable bonds is 2. The Morgan fingerprint density at radius 2 is 1.41 bits per heavy atom. The smallest absolute Gasteiger partial charge is 0.200 e. The summed E-state index contributed by atoms with van der Waals surface area (Å²) in [4.78, 5) is 2.03. The normalized spacial score (nSPS) is 12.9. The van der Waals surface area contributed by atoms with Crippen LogP contribution in [0, 0.1) is 5.41 Å². The van der Waals surface area contributed by atoms with Crippen molar-refractivity contribution in [2.24, 2.45) is 0 Å². The highest BCUT2D eigenvalue weighted by molar-refractivity contribution is 6.17. The standard InChI is InChI=1S/C26H19N3/c1-28-26(27)29(22-15-12-19-9-8-16-6-3-7-20(22)25(16)19)23-14-11-18-5-2-4-17-10-13-21(23)24(17)18/h2-15H,1H3,(H2,27,28). The largest absolute Gasteiger partial charge is 0.359 e. The summed E-state index contributed by atoms with van der Waals surface area (Å²) in [6.45, 7) is 0. The molecule has 0 saturated heterocycles. The molecule has 0 saturated carbocycles. The molecular weight excluding hydrogens is 354 g/mol. The van der Waals surface area contributed by atoms with E-state index in [9.17, 15) is 0 Å². The molecule has 0 radical (unpaired) electrons. The lowest BCUT2D eigenvalue weighted by Gasteiger charge is -2.28. The number of nitrogens with one attached hydrogen (secondary N) is 2. The first-order valence-electron chi connectivity index (χ1n) is 9.80. The van der Waals surface area contributed by atoms with Gasteiger partial charge < -0.3 is 5.32 Å². The molecule has 4 aromatic rings. The van der Waals surface area contributed by atoms with E-state index in [1.165, 1.54) is 38.4 Å². The topological polar surface area (TPSA) is 39.1 Å². The van der Waals surface area contributed by atoms with Gasteiger partial charge in [0.1, 0.15) is 0 Å². The zero-order chi connectivity index (χ0) is 19.5. The van der Waals surface area contributed by atoms with Crippen LogP contribution in [0.5, 0.6) is 0 Å². The number of anilines is 2. The fraction of sp³-hybridized carbons (Fsp3) is 0.0385. The maximum absolute atomic E-state index is 8.74. The molecule has 0 heterocycles. The predicted molar refractivity (Wildman–Crippen MR) is 125 cm³/mol. The second-order valence-corrected chi connectivity index (χ2v) is 7.49. The molecule has 29 heavy (non-hydrogen) atoms. The van der Waals surface area contributed by atoms with E-state index in [4.69, 9.17) is 5.41 Å². The molecule has 2 N–H and O–H groups in total. The highest BCUT2D eigenvalue weighted by atomic mass is 15.3. The van der Waals surface area contributed by atoms with Crippen molar-refractivity contribution in [3.63, 3.8) is 0 Å². The van der Waals surface area contributed by atoms with Gasteiger partial charge in [-0.1, -0.05) is 72.8 Å². The molecule has 0 aromatic heterocycles. The van der Waals surface area contributed by atoms with Gasteiger partial charge in [0, 0.05) is 18.0 Å². The van der Waals surface area contributed by atoms with Gasteiger partial charge >= 0.3 is 0 Å². The van der Waals surface area contributed by atoms with Crippen molar-refractivity contribution < 1.29 is 0 Å². The van der Waals surface area contributed by atoms with Crippen molar-refractivity contribution in [2.75, 3.05) is 11.9 Å². The van der Waals surface area contributed by atoms with E-state index in [2.05, 4.69) is 90.3 Å². The molecule has 0 fully saturated rings. The van der Waals surface area contributed by atoms with Gasteiger partial charge in [-0.3, -0.25) is 10.3 Å². The summed E-state index contributed by atoms with van der Waals surface area (Å²) < 4.78 is 0. The van der Waals surface area contributed by atoms with Crippen LogP contribution in [-0.2, 0) is 0 Å². The van der Waals surface area contributed by atoms with Crippen LogP contribution in [0.25, 0.3) is 45.8 Å². The lowest BCUT2D eigenvalue weighted by Crippen LogP contribution is -2.35. The minimum atomic E-state index is 0.352. The third kappa shape index (κ3) is 2.15. The Morgan fingerprint density at radius 3 is 2.24 bits per heavy atom. The monoisotopic (exact) mass is 373 g/mol. The summed E-state index contributed by atoms with van der Waals surface area (Å²) in [5, 5.41) is 16.7. The maximum Gasteiger partial charge on any atom is 0.200 e. The molecule has 0 bridgehead atoms. The predicted octanol–water partition coefficient (Wildman–Crippen LogP) is 6.25. The van der Waals surface area contributed by atoms with Crippen LogP contribution in [0.3, 0.4) is 0 Å². The second-order valence-electron chi connectivity index (χ2n) is 7.49. The van der Waals surface area contributed by atoms with Crippen molar-refractivity contribution in [1.82, 2.24) is 5.32 Å². The molecule has 138 valence electrons. The molecule has 3 heteroatoms. The van der Waals surface area contributed by atoms with Crippen molar-refractivity contribution >= 4 is 63.2 Å². The maximum atomic E-state index is 8.74. The SMILES string of the molecule is CNC(=N)N(c1ccc2cccc3c2c1C=C3)c1ccc2c3c(cccc13)C=C2. The van der Waals surface area contributed by atoms with Crippen molar-refractivity contribution in [3.8, 4) is 0 Å².